The van der Waals surface area contributed by atoms with Crippen molar-refractivity contribution in [1.82, 2.24) is 20.4 Å². The molecule has 7 heteroatoms. The largest absolute Gasteiger partial charge is 0.384 e. The third-order valence-electron chi connectivity index (χ3n) is 2.03. The molecule has 0 atom stereocenters. The number of aromatic nitrogens is 3. The fourth-order valence-electron chi connectivity index (χ4n) is 1.21. The second-order valence-electron chi connectivity index (χ2n) is 3.38. The van der Waals surface area contributed by atoms with Crippen molar-refractivity contribution in [3.8, 4) is 0 Å². The van der Waals surface area contributed by atoms with Crippen LogP contribution in [0.5, 0.6) is 0 Å². The predicted octanol–water partition coefficient (Wildman–Crippen LogP) is 0.285. The Balaban J connectivity index is 1.95. The van der Waals surface area contributed by atoms with Gasteiger partial charge in [0.1, 0.15) is 5.82 Å². The van der Waals surface area contributed by atoms with Crippen LogP contribution in [0.1, 0.15) is 22.1 Å². The Morgan fingerprint density at radius 1 is 1.53 bits per heavy atom. The minimum Gasteiger partial charge on any atom is -0.384 e. The van der Waals surface area contributed by atoms with Crippen molar-refractivity contribution in [2.75, 3.05) is 5.73 Å². The van der Waals surface area contributed by atoms with E-state index in [2.05, 4.69) is 20.4 Å². The smallest absolute Gasteiger partial charge is 0.253 e. The Bertz CT molecular complexity index is 520. The van der Waals surface area contributed by atoms with Crippen LogP contribution in [0.4, 0.5) is 5.82 Å². The quantitative estimate of drug-likeness (QED) is 0.788. The summed E-state index contributed by atoms with van der Waals surface area (Å²) in [4.78, 5) is 19.4. The van der Waals surface area contributed by atoms with Gasteiger partial charge in [0, 0.05) is 13.1 Å². The summed E-state index contributed by atoms with van der Waals surface area (Å²) >= 11 is 0. The molecule has 0 aromatic carbocycles. The molecule has 3 N–H and O–H groups in total. The van der Waals surface area contributed by atoms with Gasteiger partial charge < -0.3 is 15.6 Å². The predicted molar refractivity (Wildman–Crippen MR) is 58.9 cm³/mol. The Kier molecular flexibility index (Phi) is 2.99. The van der Waals surface area contributed by atoms with Gasteiger partial charge in [-0.25, -0.2) is 4.98 Å². The first kappa shape index (κ1) is 11.1. The molecular weight excluding hydrogens is 222 g/mol. The SMILES string of the molecule is Cc1nc(CNC(=O)c2ccc(N)nc2)no1. The molecule has 0 fully saturated rings. The summed E-state index contributed by atoms with van der Waals surface area (Å²) in [7, 11) is 0. The number of carbonyl (C=O) groups is 1. The van der Waals surface area contributed by atoms with E-state index in [1.807, 2.05) is 0 Å². The molecule has 88 valence electrons. The third kappa shape index (κ3) is 2.77. The van der Waals surface area contributed by atoms with Crippen molar-refractivity contribution in [2.45, 2.75) is 13.5 Å². The standard InChI is InChI=1S/C10H11N5O2/c1-6-14-9(15-17-6)5-13-10(16)7-2-3-8(11)12-4-7/h2-4H,5H2,1H3,(H2,11,12)(H,13,16). The van der Waals surface area contributed by atoms with Gasteiger partial charge in [0.05, 0.1) is 12.1 Å². The Morgan fingerprint density at radius 2 is 2.35 bits per heavy atom. The molecule has 2 rings (SSSR count). The molecule has 7 nitrogen and oxygen atoms in total. The van der Waals surface area contributed by atoms with Crippen molar-refractivity contribution in [1.29, 1.82) is 0 Å². The molecule has 0 saturated heterocycles. The molecule has 0 unspecified atom stereocenters. The summed E-state index contributed by atoms with van der Waals surface area (Å²) in [6.07, 6.45) is 1.41. The van der Waals surface area contributed by atoms with Crippen molar-refractivity contribution in [3.05, 3.63) is 35.6 Å². The van der Waals surface area contributed by atoms with E-state index in [4.69, 9.17) is 10.3 Å². The van der Waals surface area contributed by atoms with Crippen LogP contribution in [-0.2, 0) is 6.54 Å². The van der Waals surface area contributed by atoms with Crippen molar-refractivity contribution in [2.24, 2.45) is 0 Å². The van der Waals surface area contributed by atoms with Crippen LogP contribution in [0.2, 0.25) is 0 Å². The number of nitrogens with two attached hydrogens (primary N) is 1. The van der Waals surface area contributed by atoms with E-state index in [0.717, 1.165) is 0 Å². The Hall–Kier alpha value is -2.44. The molecule has 0 aliphatic heterocycles. The molecule has 2 aromatic heterocycles. The van der Waals surface area contributed by atoms with Gasteiger partial charge >= 0.3 is 0 Å². The number of rotatable bonds is 3. The van der Waals surface area contributed by atoms with Crippen LogP contribution >= 0.6 is 0 Å². The van der Waals surface area contributed by atoms with E-state index < -0.39 is 0 Å². The molecule has 0 radical (unpaired) electrons. The number of nitrogen functional groups attached to an aromatic ring is 1. The monoisotopic (exact) mass is 233 g/mol. The highest BCUT2D eigenvalue weighted by molar-refractivity contribution is 5.93. The van der Waals surface area contributed by atoms with Crippen molar-refractivity contribution in [3.63, 3.8) is 0 Å². The Morgan fingerprint density at radius 3 is 2.94 bits per heavy atom. The zero-order valence-corrected chi connectivity index (χ0v) is 9.17. The second kappa shape index (κ2) is 4.60. The molecule has 17 heavy (non-hydrogen) atoms. The van der Waals surface area contributed by atoms with E-state index in [9.17, 15) is 4.79 Å². The fourth-order valence-corrected chi connectivity index (χ4v) is 1.21. The topological polar surface area (TPSA) is 107 Å². The van der Waals surface area contributed by atoms with Crippen LogP contribution < -0.4 is 11.1 Å². The maximum absolute atomic E-state index is 11.7. The lowest BCUT2D eigenvalue weighted by Crippen LogP contribution is -2.23. The van der Waals surface area contributed by atoms with E-state index in [0.29, 0.717) is 23.1 Å². The van der Waals surface area contributed by atoms with Gasteiger partial charge in [0.15, 0.2) is 5.82 Å². The minimum atomic E-state index is -0.264. The summed E-state index contributed by atoms with van der Waals surface area (Å²) in [6, 6.07) is 3.16. The number of hydrogen-bond donors (Lipinski definition) is 2. The second-order valence-corrected chi connectivity index (χ2v) is 3.38. The van der Waals surface area contributed by atoms with Crippen LogP contribution in [0, 0.1) is 6.92 Å². The molecular formula is C10H11N5O2. The zero-order valence-electron chi connectivity index (χ0n) is 9.17. The molecule has 1 amide bonds. The molecule has 0 saturated carbocycles. The van der Waals surface area contributed by atoms with Crippen LogP contribution in [0.3, 0.4) is 0 Å². The van der Waals surface area contributed by atoms with E-state index in [-0.39, 0.29) is 12.5 Å². The number of anilines is 1. The minimum absolute atomic E-state index is 0.209. The lowest BCUT2D eigenvalue weighted by atomic mass is 10.2. The van der Waals surface area contributed by atoms with Gasteiger partial charge in [-0.1, -0.05) is 5.16 Å². The number of carbonyl (C=O) groups excluding carboxylic acids is 1. The van der Waals surface area contributed by atoms with Gasteiger partial charge in [-0.15, -0.1) is 0 Å². The summed E-state index contributed by atoms with van der Waals surface area (Å²) in [6.45, 7) is 1.89. The normalized spacial score (nSPS) is 10.2. The average Bonchev–Trinajstić information content (AvgIpc) is 2.73. The molecule has 0 bridgehead atoms. The molecule has 0 aliphatic rings. The fraction of sp³-hybridized carbons (Fsp3) is 0.200. The number of nitrogens with zero attached hydrogens (tertiary/aromatic N) is 3. The maximum Gasteiger partial charge on any atom is 0.253 e. The molecule has 0 aliphatic carbocycles. The van der Waals surface area contributed by atoms with Crippen molar-refractivity contribution >= 4 is 11.7 Å². The van der Waals surface area contributed by atoms with E-state index >= 15 is 0 Å². The lowest BCUT2D eigenvalue weighted by molar-refractivity contribution is 0.0949. The van der Waals surface area contributed by atoms with Gasteiger partial charge in [0.2, 0.25) is 5.89 Å². The zero-order chi connectivity index (χ0) is 12.3. The number of amides is 1. The third-order valence-corrected chi connectivity index (χ3v) is 2.03. The highest BCUT2D eigenvalue weighted by Crippen LogP contribution is 2.01. The molecule has 0 spiro atoms. The highest BCUT2D eigenvalue weighted by atomic mass is 16.5. The average molecular weight is 233 g/mol. The summed E-state index contributed by atoms with van der Waals surface area (Å²) in [5.74, 6) is 0.998. The van der Waals surface area contributed by atoms with Crippen LogP contribution in [0.15, 0.2) is 22.9 Å². The van der Waals surface area contributed by atoms with Gasteiger partial charge in [-0.2, -0.15) is 4.98 Å². The first-order chi connectivity index (χ1) is 8.15. The number of nitrogens with one attached hydrogen (secondary N) is 1. The summed E-state index contributed by atoms with van der Waals surface area (Å²) in [5, 5.41) is 6.30. The van der Waals surface area contributed by atoms with Crippen LogP contribution in [0.25, 0.3) is 0 Å². The van der Waals surface area contributed by atoms with Crippen molar-refractivity contribution < 1.29 is 9.32 Å². The van der Waals surface area contributed by atoms with Gasteiger partial charge in [-0.3, -0.25) is 4.79 Å². The number of pyridine rings is 1. The Labute approximate surface area is 97.0 Å². The number of hydrogen-bond acceptors (Lipinski definition) is 6. The van der Waals surface area contributed by atoms with E-state index in [1.165, 1.54) is 6.20 Å². The van der Waals surface area contributed by atoms with E-state index in [1.54, 1.807) is 19.1 Å². The lowest BCUT2D eigenvalue weighted by Gasteiger charge is -2.01. The molecule has 2 heterocycles. The molecule has 2 aromatic rings. The van der Waals surface area contributed by atoms with Gasteiger partial charge in [0.25, 0.3) is 5.91 Å². The highest BCUT2D eigenvalue weighted by Gasteiger charge is 2.07. The number of aryl methyl sites for hydroxylation is 1. The van der Waals surface area contributed by atoms with Crippen LogP contribution in [-0.4, -0.2) is 21.0 Å². The first-order valence-corrected chi connectivity index (χ1v) is 4.94. The summed E-state index contributed by atoms with van der Waals surface area (Å²) < 4.78 is 4.78. The maximum atomic E-state index is 11.7. The summed E-state index contributed by atoms with van der Waals surface area (Å²) in [5.41, 5.74) is 5.85. The van der Waals surface area contributed by atoms with Gasteiger partial charge in [-0.05, 0) is 12.1 Å². The first-order valence-electron chi connectivity index (χ1n) is 4.94.